The Hall–Kier alpha value is -5.82. The number of hydrogen-bond acceptors (Lipinski definition) is 7. The van der Waals surface area contributed by atoms with Gasteiger partial charge in [0.05, 0.1) is 22.6 Å². The van der Waals surface area contributed by atoms with E-state index in [2.05, 4.69) is 32.2 Å². The Morgan fingerprint density at radius 3 is 2.52 bits per heavy atom. The van der Waals surface area contributed by atoms with Crippen molar-refractivity contribution in [3.05, 3.63) is 124 Å². The van der Waals surface area contributed by atoms with E-state index >= 15 is 0 Å². The summed E-state index contributed by atoms with van der Waals surface area (Å²) in [5.74, 6) is 6.10. The van der Waals surface area contributed by atoms with Gasteiger partial charge in [0.25, 0.3) is 11.5 Å². The first-order valence-corrected chi connectivity index (χ1v) is 12.4. The van der Waals surface area contributed by atoms with Crippen LogP contribution < -0.4 is 16.6 Å². The number of imidazole rings is 1. The van der Waals surface area contributed by atoms with Crippen molar-refractivity contribution in [2.24, 2.45) is 0 Å². The molecule has 2 aromatic carbocycles. The van der Waals surface area contributed by atoms with Crippen LogP contribution in [-0.4, -0.2) is 35.0 Å². The van der Waals surface area contributed by atoms with E-state index in [1.165, 1.54) is 9.08 Å². The summed E-state index contributed by atoms with van der Waals surface area (Å²) in [4.78, 5) is 40.6. The van der Waals surface area contributed by atoms with E-state index in [0.717, 1.165) is 5.56 Å². The predicted molar refractivity (Wildman–Crippen MR) is 151 cm³/mol. The molecule has 10 nitrogen and oxygen atoms in total. The van der Waals surface area contributed by atoms with Gasteiger partial charge in [0.15, 0.2) is 17.2 Å². The second-order valence-electron chi connectivity index (χ2n) is 8.97. The van der Waals surface area contributed by atoms with Crippen LogP contribution in [0.5, 0.6) is 0 Å². The standard InChI is InChI=1S/C30H22N8O2/c1-19(34-29(39)26-27(31)36-24-11-6-16-33-38(24)26)28-35-23-10-5-7-21(13-12-20-14-17-32-18-15-20)25(23)30(40)37(28)22-8-3-2-4-9-22/h2-11,14-19H,31H2,1H3,(H,34,39)/t19-/m1/s1. The lowest BCUT2D eigenvalue weighted by molar-refractivity contribution is 0.0931. The molecule has 3 N–H and O–H groups in total. The van der Waals surface area contributed by atoms with E-state index in [9.17, 15) is 9.59 Å². The highest BCUT2D eigenvalue weighted by molar-refractivity contribution is 5.98. The molecule has 40 heavy (non-hydrogen) atoms. The van der Waals surface area contributed by atoms with E-state index in [1.54, 1.807) is 68.0 Å². The molecular weight excluding hydrogens is 504 g/mol. The van der Waals surface area contributed by atoms with Crippen LogP contribution in [0, 0.1) is 11.8 Å². The van der Waals surface area contributed by atoms with E-state index in [1.807, 2.05) is 30.3 Å². The third-order valence-electron chi connectivity index (χ3n) is 6.33. The molecule has 194 valence electrons. The molecular formula is C30H22N8O2. The smallest absolute Gasteiger partial charge is 0.274 e. The summed E-state index contributed by atoms with van der Waals surface area (Å²) in [6.45, 7) is 1.75. The van der Waals surface area contributed by atoms with Gasteiger partial charge in [0, 0.05) is 29.7 Å². The predicted octanol–water partition coefficient (Wildman–Crippen LogP) is 3.30. The molecule has 0 spiro atoms. The maximum absolute atomic E-state index is 14.1. The highest BCUT2D eigenvalue weighted by Gasteiger charge is 2.24. The molecule has 4 heterocycles. The number of nitrogen functional groups attached to an aromatic ring is 1. The fraction of sp³-hybridized carbons (Fsp3) is 0.0667. The van der Waals surface area contributed by atoms with E-state index in [-0.39, 0.29) is 17.1 Å². The first-order valence-electron chi connectivity index (χ1n) is 12.4. The van der Waals surface area contributed by atoms with Crippen LogP contribution in [0.25, 0.3) is 22.2 Å². The lowest BCUT2D eigenvalue weighted by Gasteiger charge is -2.20. The van der Waals surface area contributed by atoms with Gasteiger partial charge < -0.3 is 11.1 Å². The Bertz CT molecular complexity index is 2000. The number of hydrogen-bond donors (Lipinski definition) is 2. The van der Waals surface area contributed by atoms with Crippen LogP contribution in [-0.2, 0) is 0 Å². The lowest BCUT2D eigenvalue weighted by Crippen LogP contribution is -2.34. The van der Waals surface area contributed by atoms with Gasteiger partial charge >= 0.3 is 0 Å². The molecule has 0 aliphatic heterocycles. The zero-order valence-electron chi connectivity index (χ0n) is 21.3. The van der Waals surface area contributed by atoms with Gasteiger partial charge in [-0.1, -0.05) is 36.1 Å². The van der Waals surface area contributed by atoms with Crippen LogP contribution in [0.15, 0.2) is 96.2 Å². The zero-order chi connectivity index (χ0) is 27.6. The molecule has 4 aromatic heterocycles. The van der Waals surface area contributed by atoms with Gasteiger partial charge in [-0.3, -0.25) is 19.1 Å². The second kappa shape index (κ2) is 10.2. The maximum atomic E-state index is 14.1. The van der Waals surface area contributed by atoms with Gasteiger partial charge in [-0.15, -0.1) is 0 Å². The summed E-state index contributed by atoms with van der Waals surface area (Å²) in [7, 11) is 0. The van der Waals surface area contributed by atoms with Gasteiger partial charge in [0.2, 0.25) is 0 Å². The van der Waals surface area contributed by atoms with Crippen molar-refractivity contribution in [3.63, 3.8) is 0 Å². The number of aromatic nitrogens is 6. The summed E-state index contributed by atoms with van der Waals surface area (Å²) in [6, 6.07) is 20.8. The molecule has 0 unspecified atom stereocenters. The van der Waals surface area contributed by atoms with Crippen LogP contribution >= 0.6 is 0 Å². The second-order valence-corrected chi connectivity index (χ2v) is 8.97. The fourth-order valence-corrected chi connectivity index (χ4v) is 4.49. The van der Waals surface area contributed by atoms with Crippen LogP contribution in [0.1, 0.15) is 40.4 Å². The number of nitrogens with zero attached hydrogens (tertiary/aromatic N) is 6. The van der Waals surface area contributed by atoms with Gasteiger partial charge in [0.1, 0.15) is 5.82 Å². The molecule has 1 atom stereocenters. The van der Waals surface area contributed by atoms with E-state index in [4.69, 9.17) is 10.7 Å². The summed E-state index contributed by atoms with van der Waals surface area (Å²) < 4.78 is 2.88. The summed E-state index contributed by atoms with van der Waals surface area (Å²) in [5.41, 5.74) is 8.69. The van der Waals surface area contributed by atoms with Crippen molar-refractivity contribution < 1.29 is 4.79 Å². The minimum absolute atomic E-state index is 0.0488. The number of nitrogens with one attached hydrogen (secondary N) is 1. The van der Waals surface area contributed by atoms with Crippen molar-refractivity contribution in [1.29, 1.82) is 0 Å². The highest BCUT2D eigenvalue weighted by Crippen LogP contribution is 2.21. The molecule has 6 aromatic rings. The molecule has 0 fully saturated rings. The Balaban J connectivity index is 1.48. The van der Waals surface area contributed by atoms with Crippen LogP contribution in [0.4, 0.5) is 5.82 Å². The molecule has 0 saturated carbocycles. The van der Waals surface area contributed by atoms with Crippen molar-refractivity contribution in [2.45, 2.75) is 13.0 Å². The monoisotopic (exact) mass is 526 g/mol. The number of rotatable bonds is 4. The molecule has 10 heteroatoms. The lowest BCUT2D eigenvalue weighted by atomic mass is 10.1. The molecule has 6 rings (SSSR count). The number of benzene rings is 2. The molecule has 0 aliphatic carbocycles. The van der Waals surface area contributed by atoms with Gasteiger partial charge in [-0.2, -0.15) is 5.10 Å². The number of amides is 1. The summed E-state index contributed by atoms with van der Waals surface area (Å²) >= 11 is 0. The first kappa shape index (κ1) is 24.5. The number of carbonyl (C=O) groups is 1. The van der Waals surface area contributed by atoms with Crippen molar-refractivity contribution in [2.75, 3.05) is 5.73 Å². The third kappa shape index (κ3) is 4.41. The van der Waals surface area contributed by atoms with Gasteiger partial charge in [-0.05, 0) is 55.5 Å². The summed E-state index contributed by atoms with van der Waals surface area (Å²) in [6.07, 6.45) is 4.87. The Kier molecular flexibility index (Phi) is 6.22. The van der Waals surface area contributed by atoms with Crippen LogP contribution in [0.3, 0.4) is 0 Å². The number of carbonyl (C=O) groups excluding carboxylic acids is 1. The largest absolute Gasteiger partial charge is 0.382 e. The topological polar surface area (TPSA) is 133 Å². The van der Waals surface area contributed by atoms with Gasteiger partial charge in [-0.25, -0.2) is 14.5 Å². The number of para-hydroxylation sites is 1. The molecule has 0 saturated heterocycles. The fourth-order valence-electron chi connectivity index (χ4n) is 4.49. The van der Waals surface area contributed by atoms with Crippen molar-refractivity contribution >= 4 is 28.3 Å². The van der Waals surface area contributed by atoms with Crippen molar-refractivity contribution in [1.82, 2.24) is 34.4 Å². The van der Waals surface area contributed by atoms with E-state index < -0.39 is 11.9 Å². The first-order chi connectivity index (χ1) is 19.5. The van der Waals surface area contributed by atoms with Crippen LogP contribution in [0.2, 0.25) is 0 Å². The molecule has 0 bridgehead atoms. The Morgan fingerprint density at radius 2 is 1.73 bits per heavy atom. The Labute approximate surface area is 228 Å². The average molecular weight is 527 g/mol. The number of fused-ring (bicyclic) bond motifs is 2. The molecule has 0 radical (unpaired) electrons. The minimum atomic E-state index is -0.690. The van der Waals surface area contributed by atoms with Crippen molar-refractivity contribution in [3.8, 4) is 17.5 Å². The zero-order valence-corrected chi connectivity index (χ0v) is 21.3. The third-order valence-corrected chi connectivity index (χ3v) is 6.33. The normalized spacial score (nSPS) is 11.6. The quantitative estimate of drug-likeness (QED) is 0.337. The number of nitrogens with two attached hydrogens (primary N) is 1. The van der Waals surface area contributed by atoms with E-state index in [0.29, 0.717) is 33.6 Å². The average Bonchev–Trinajstić information content (AvgIpc) is 3.32. The number of anilines is 1. The number of pyridine rings is 1. The molecule has 0 aliphatic rings. The Morgan fingerprint density at radius 1 is 0.925 bits per heavy atom. The summed E-state index contributed by atoms with van der Waals surface area (Å²) in [5, 5.41) is 7.50. The maximum Gasteiger partial charge on any atom is 0.274 e. The molecule has 1 amide bonds. The SMILES string of the molecule is C[C@@H](NC(=O)c1c(N)nc2cccnn12)c1nc2cccc(C#Cc3ccncc3)c2c(=O)n1-c1ccccc1. The highest BCUT2D eigenvalue weighted by atomic mass is 16.2. The minimum Gasteiger partial charge on any atom is -0.382 e.